The van der Waals surface area contributed by atoms with E-state index in [4.69, 9.17) is 4.98 Å². The Morgan fingerprint density at radius 3 is 2.07 bits per heavy atom. The molecular weight excluding hydrogens is 539 g/mol. The minimum absolute atomic E-state index is 0.0738. The zero-order valence-electron chi connectivity index (χ0n) is 23.9. The van der Waals surface area contributed by atoms with E-state index in [0.717, 1.165) is 60.6 Å². The molecule has 1 fully saturated rings. The lowest BCUT2D eigenvalue weighted by Gasteiger charge is -2.38. The fraction of sp³-hybridized carbons (Fsp3) is 0.333. The molecule has 220 valence electrons. The first-order valence-corrected chi connectivity index (χ1v) is 14.2. The first-order valence-electron chi connectivity index (χ1n) is 14.2. The van der Waals surface area contributed by atoms with Crippen LogP contribution in [0.3, 0.4) is 0 Å². The molecule has 0 atom stereocenters. The third-order valence-electron chi connectivity index (χ3n) is 7.97. The van der Waals surface area contributed by atoms with E-state index in [1.165, 1.54) is 12.1 Å². The molecule has 2 heterocycles. The maximum atomic E-state index is 13.2. The Labute approximate surface area is 244 Å². The van der Waals surface area contributed by atoms with Gasteiger partial charge in [-0.1, -0.05) is 72.8 Å². The summed E-state index contributed by atoms with van der Waals surface area (Å²) in [5, 5.41) is 2.80. The Balaban J connectivity index is 1.36. The maximum Gasteiger partial charge on any atom is 0.416 e. The van der Waals surface area contributed by atoms with Crippen molar-refractivity contribution >= 4 is 6.03 Å². The lowest BCUT2D eigenvalue weighted by atomic mass is 10.0. The molecule has 0 aliphatic carbocycles. The number of carbonyl (C=O) groups is 1. The molecule has 1 aliphatic heterocycles. The van der Waals surface area contributed by atoms with E-state index in [1.54, 1.807) is 7.05 Å². The average Bonchev–Trinajstić information content (AvgIpc) is 3.30. The van der Waals surface area contributed by atoms with E-state index < -0.39 is 11.7 Å². The van der Waals surface area contributed by atoms with Crippen LogP contribution in [-0.2, 0) is 25.8 Å². The number of halogens is 3. The molecule has 9 heteroatoms. The number of benzene rings is 3. The van der Waals surface area contributed by atoms with Gasteiger partial charge in [0.05, 0.1) is 17.0 Å². The first kappa shape index (κ1) is 29.4. The summed E-state index contributed by atoms with van der Waals surface area (Å²) in [5.74, 6) is 0.656. The number of carbonyl (C=O) groups excluding carboxylic acids is 1. The molecule has 4 aromatic rings. The number of rotatable bonds is 8. The first-order chi connectivity index (χ1) is 20.2. The number of nitrogens with zero attached hydrogens (tertiary/aromatic N) is 4. The van der Waals surface area contributed by atoms with Gasteiger partial charge in [0.2, 0.25) is 0 Å². The van der Waals surface area contributed by atoms with Crippen molar-refractivity contribution in [3.8, 4) is 11.4 Å². The van der Waals surface area contributed by atoms with Gasteiger partial charge < -0.3 is 14.8 Å². The minimum Gasteiger partial charge on any atom is -0.341 e. The van der Waals surface area contributed by atoms with Gasteiger partial charge in [0.15, 0.2) is 0 Å². The summed E-state index contributed by atoms with van der Waals surface area (Å²) in [5.41, 5.74) is 4.06. The number of aryl methyl sites for hydroxylation is 1. The molecule has 0 unspecified atom stereocenters. The molecule has 1 aliphatic rings. The van der Waals surface area contributed by atoms with Gasteiger partial charge in [0, 0.05) is 51.4 Å². The number of aromatic nitrogens is 2. The fourth-order valence-corrected chi connectivity index (χ4v) is 5.66. The van der Waals surface area contributed by atoms with Crippen molar-refractivity contribution in [3.63, 3.8) is 0 Å². The highest BCUT2D eigenvalue weighted by atomic mass is 19.4. The Bertz CT molecular complexity index is 1460. The van der Waals surface area contributed by atoms with Crippen molar-refractivity contribution in [1.82, 2.24) is 24.7 Å². The van der Waals surface area contributed by atoms with E-state index in [1.807, 2.05) is 72.5 Å². The second-order valence-corrected chi connectivity index (χ2v) is 10.8. The molecule has 6 nitrogen and oxygen atoms in total. The van der Waals surface area contributed by atoms with Crippen LogP contribution in [0, 0.1) is 6.92 Å². The highest BCUT2D eigenvalue weighted by molar-refractivity contribution is 5.74. The van der Waals surface area contributed by atoms with Gasteiger partial charge in [-0.05, 0) is 43.0 Å². The summed E-state index contributed by atoms with van der Waals surface area (Å²) >= 11 is 0. The highest BCUT2D eigenvalue weighted by Crippen LogP contribution is 2.32. The molecule has 1 aromatic heterocycles. The maximum absolute atomic E-state index is 13.2. The van der Waals surface area contributed by atoms with Crippen LogP contribution in [0.2, 0.25) is 0 Å². The Kier molecular flexibility index (Phi) is 8.97. The van der Waals surface area contributed by atoms with Gasteiger partial charge in [-0.25, -0.2) is 9.78 Å². The second-order valence-electron chi connectivity index (χ2n) is 10.8. The summed E-state index contributed by atoms with van der Waals surface area (Å²) in [7, 11) is 1.67. The zero-order valence-corrected chi connectivity index (χ0v) is 23.9. The van der Waals surface area contributed by atoms with E-state index in [-0.39, 0.29) is 12.1 Å². The molecule has 1 saturated heterocycles. The van der Waals surface area contributed by atoms with Crippen molar-refractivity contribution in [1.29, 1.82) is 0 Å². The van der Waals surface area contributed by atoms with Crippen LogP contribution in [0.25, 0.3) is 11.4 Å². The standard InChI is InChI=1S/C33H36F3N5O/c1-24-30(23-39-19-17-29(18-20-39)40(32(42)37-2)21-25-9-5-3-6-10-25)41(22-26-11-7-4-8-12-26)31(38-24)27-13-15-28(16-14-27)33(34,35)36/h3-16,29H,17-23H2,1-2H3,(H,37,42). The van der Waals surface area contributed by atoms with Gasteiger partial charge in [0.1, 0.15) is 5.82 Å². The largest absolute Gasteiger partial charge is 0.416 e. The summed E-state index contributed by atoms with van der Waals surface area (Å²) in [4.78, 5) is 22.0. The van der Waals surface area contributed by atoms with E-state index in [2.05, 4.69) is 14.8 Å². The summed E-state index contributed by atoms with van der Waals surface area (Å²) in [6, 6.07) is 25.3. The Hall–Kier alpha value is -4.11. The normalized spacial score (nSPS) is 14.6. The van der Waals surface area contributed by atoms with Crippen LogP contribution in [-0.4, -0.2) is 51.6 Å². The molecule has 0 spiro atoms. The number of alkyl halides is 3. The number of hydrogen-bond donors (Lipinski definition) is 1. The molecule has 3 aromatic carbocycles. The molecule has 1 N–H and O–H groups in total. The van der Waals surface area contributed by atoms with Crippen LogP contribution in [0.15, 0.2) is 84.9 Å². The van der Waals surface area contributed by atoms with Gasteiger partial charge in [-0.3, -0.25) is 4.90 Å². The van der Waals surface area contributed by atoms with Gasteiger partial charge >= 0.3 is 12.2 Å². The number of amides is 2. The van der Waals surface area contributed by atoms with Crippen LogP contribution in [0.4, 0.5) is 18.0 Å². The van der Waals surface area contributed by atoms with E-state index >= 15 is 0 Å². The van der Waals surface area contributed by atoms with E-state index in [9.17, 15) is 18.0 Å². The quantitative estimate of drug-likeness (QED) is 0.254. The SMILES string of the molecule is CNC(=O)N(Cc1ccccc1)C1CCN(Cc2c(C)nc(-c3ccc(C(F)(F)F)cc3)n2Cc2ccccc2)CC1. The number of nitrogens with one attached hydrogen (secondary N) is 1. The summed E-state index contributed by atoms with van der Waals surface area (Å²) < 4.78 is 41.8. The third-order valence-corrected chi connectivity index (χ3v) is 7.97. The van der Waals surface area contributed by atoms with Crippen molar-refractivity contribution < 1.29 is 18.0 Å². The summed E-state index contributed by atoms with van der Waals surface area (Å²) in [6.45, 7) is 5.38. The van der Waals surface area contributed by atoms with Crippen molar-refractivity contribution in [3.05, 3.63) is 113 Å². The Morgan fingerprint density at radius 1 is 0.905 bits per heavy atom. The molecule has 42 heavy (non-hydrogen) atoms. The number of urea groups is 1. The monoisotopic (exact) mass is 575 g/mol. The molecule has 0 saturated carbocycles. The molecular formula is C33H36F3N5O. The number of hydrogen-bond acceptors (Lipinski definition) is 3. The molecule has 0 bridgehead atoms. The lowest BCUT2D eigenvalue weighted by Crippen LogP contribution is -2.49. The second kappa shape index (κ2) is 12.8. The highest BCUT2D eigenvalue weighted by Gasteiger charge is 2.31. The summed E-state index contributed by atoms with van der Waals surface area (Å²) in [6.07, 6.45) is -2.70. The van der Waals surface area contributed by atoms with Crippen LogP contribution >= 0.6 is 0 Å². The van der Waals surface area contributed by atoms with Crippen molar-refractivity contribution in [2.45, 2.75) is 51.6 Å². The predicted octanol–water partition coefficient (Wildman–Crippen LogP) is 6.73. The van der Waals surface area contributed by atoms with E-state index in [0.29, 0.717) is 31.0 Å². The molecule has 2 amide bonds. The minimum atomic E-state index is -4.39. The molecule has 5 rings (SSSR count). The third kappa shape index (κ3) is 6.85. The van der Waals surface area contributed by atoms with Crippen molar-refractivity contribution in [2.75, 3.05) is 20.1 Å². The number of imidazole rings is 1. The van der Waals surface area contributed by atoms with Crippen LogP contribution in [0.1, 0.15) is 40.9 Å². The number of likely N-dealkylation sites (tertiary alicyclic amines) is 1. The average molecular weight is 576 g/mol. The van der Waals surface area contributed by atoms with Crippen molar-refractivity contribution in [2.24, 2.45) is 0 Å². The predicted molar refractivity (Wildman–Crippen MR) is 158 cm³/mol. The van der Waals surface area contributed by atoms with Gasteiger partial charge in [0.25, 0.3) is 0 Å². The van der Waals surface area contributed by atoms with Gasteiger partial charge in [-0.15, -0.1) is 0 Å². The molecule has 0 radical (unpaired) electrons. The number of piperidine rings is 1. The van der Waals surface area contributed by atoms with Crippen LogP contribution in [0.5, 0.6) is 0 Å². The van der Waals surface area contributed by atoms with Crippen LogP contribution < -0.4 is 5.32 Å². The topological polar surface area (TPSA) is 53.4 Å². The lowest BCUT2D eigenvalue weighted by molar-refractivity contribution is -0.137. The fourth-order valence-electron chi connectivity index (χ4n) is 5.66. The zero-order chi connectivity index (χ0) is 29.7. The smallest absolute Gasteiger partial charge is 0.341 e. The Morgan fingerprint density at radius 2 is 1.50 bits per heavy atom. The van der Waals surface area contributed by atoms with Gasteiger partial charge in [-0.2, -0.15) is 13.2 Å².